The smallest absolute Gasteiger partial charge is 0.234 e. The second-order valence-electron chi connectivity index (χ2n) is 3.59. The van der Waals surface area contributed by atoms with Crippen LogP contribution in [-0.4, -0.2) is 36.0 Å². The number of hydrogen-bond acceptors (Lipinski definition) is 2. The molecule has 2 atom stereocenters. The van der Waals surface area contributed by atoms with Gasteiger partial charge in [-0.05, 0) is 13.8 Å². The molecular formula is C10H16N2O. The lowest BCUT2D eigenvalue weighted by molar-refractivity contribution is -0.133. The third kappa shape index (κ3) is 2.46. The van der Waals surface area contributed by atoms with Crippen LogP contribution in [0.2, 0.25) is 0 Å². The first-order valence-electron chi connectivity index (χ1n) is 4.61. The summed E-state index contributed by atoms with van der Waals surface area (Å²) in [4.78, 5) is 13.4. The van der Waals surface area contributed by atoms with Crippen LogP contribution in [0.3, 0.4) is 0 Å². The average Bonchev–Trinajstić information content (AvgIpc) is 2.09. The quantitative estimate of drug-likeness (QED) is 0.585. The summed E-state index contributed by atoms with van der Waals surface area (Å²) in [5.74, 6) is 2.46. The van der Waals surface area contributed by atoms with Crippen molar-refractivity contribution in [1.29, 1.82) is 0 Å². The first-order chi connectivity index (χ1) is 6.15. The van der Waals surface area contributed by atoms with E-state index in [1.54, 1.807) is 0 Å². The lowest BCUT2D eigenvalue weighted by Gasteiger charge is -2.37. The van der Waals surface area contributed by atoms with Gasteiger partial charge in [0.15, 0.2) is 0 Å². The van der Waals surface area contributed by atoms with Crippen molar-refractivity contribution >= 4 is 5.91 Å². The summed E-state index contributed by atoms with van der Waals surface area (Å²) >= 11 is 0. The van der Waals surface area contributed by atoms with Crippen LogP contribution in [0, 0.1) is 12.3 Å². The van der Waals surface area contributed by atoms with Crippen molar-refractivity contribution in [2.45, 2.75) is 32.4 Å². The van der Waals surface area contributed by atoms with E-state index in [1.807, 2.05) is 11.8 Å². The molecule has 0 saturated carbocycles. The van der Waals surface area contributed by atoms with E-state index in [0.717, 1.165) is 13.1 Å². The molecule has 3 heteroatoms. The van der Waals surface area contributed by atoms with Gasteiger partial charge in [0, 0.05) is 25.2 Å². The van der Waals surface area contributed by atoms with Gasteiger partial charge in [-0.25, -0.2) is 0 Å². The SMILES string of the molecule is C#CCC(=O)N1CC(C)NCC1C. The Hall–Kier alpha value is -1.01. The zero-order valence-electron chi connectivity index (χ0n) is 8.21. The Balaban J connectivity index is 2.56. The minimum Gasteiger partial charge on any atom is -0.336 e. The Labute approximate surface area is 79.5 Å². The summed E-state index contributed by atoms with van der Waals surface area (Å²) in [6.45, 7) is 5.73. The number of amides is 1. The number of hydrogen-bond donors (Lipinski definition) is 1. The molecule has 13 heavy (non-hydrogen) atoms. The molecule has 1 fully saturated rings. The Morgan fingerprint density at radius 1 is 1.69 bits per heavy atom. The molecule has 1 saturated heterocycles. The van der Waals surface area contributed by atoms with Crippen molar-refractivity contribution < 1.29 is 4.79 Å². The monoisotopic (exact) mass is 180 g/mol. The highest BCUT2D eigenvalue weighted by atomic mass is 16.2. The van der Waals surface area contributed by atoms with E-state index in [0.29, 0.717) is 6.04 Å². The van der Waals surface area contributed by atoms with E-state index in [4.69, 9.17) is 6.42 Å². The predicted octanol–water partition coefficient (Wildman–Crippen LogP) is 0.218. The van der Waals surface area contributed by atoms with E-state index in [-0.39, 0.29) is 18.4 Å². The summed E-state index contributed by atoms with van der Waals surface area (Å²) < 4.78 is 0. The zero-order valence-corrected chi connectivity index (χ0v) is 8.21. The van der Waals surface area contributed by atoms with Crippen LogP contribution >= 0.6 is 0 Å². The molecular weight excluding hydrogens is 164 g/mol. The third-order valence-corrected chi connectivity index (χ3v) is 2.34. The molecule has 0 spiro atoms. The fraction of sp³-hybridized carbons (Fsp3) is 0.700. The van der Waals surface area contributed by atoms with Gasteiger partial charge in [0.05, 0.1) is 6.42 Å². The molecule has 0 aromatic carbocycles. The van der Waals surface area contributed by atoms with Crippen molar-refractivity contribution in [3.8, 4) is 12.3 Å². The fourth-order valence-corrected chi connectivity index (χ4v) is 1.56. The second-order valence-corrected chi connectivity index (χ2v) is 3.59. The Morgan fingerprint density at radius 2 is 2.38 bits per heavy atom. The van der Waals surface area contributed by atoms with Gasteiger partial charge in [0.25, 0.3) is 0 Å². The molecule has 72 valence electrons. The third-order valence-electron chi connectivity index (χ3n) is 2.34. The van der Waals surface area contributed by atoms with Gasteiger partial charge in [-0.2, -0.15) is 0 Å². The van der Waals surface area contributed by atoms with Crippen LogP contribution in [0.15, 0.2) is 0 Å². The van der Waals surface area contributed by atoms with Crippen molar-refractivity contribution in [3.63, 3.8) is 0 Å². The lowest BCUT2D eigenvalue weighted by atomic mass is 10.1. The van der Waals surface area contributed by atoms with Crippen LogP contribution in [0.25, 0.3) is 0 Å². The van der Waals surface area contributed by atoms with E-state index in [2.05, 4.69) is 18.2 Å². The molecule has 3 nitrogen and oxygen atoms in total. The first kappa shape index (κ1) is 10.1. The second kappa shape index (κ2) is 4.29. The predicted molar refractivity (Wildman–Crippen MR) is 52.1 cm³/mol. The summed E-state index contributed by atoms with van der Waals surface area (Å²) in [6.07, 6.45) is 5.32. The minimum atomic E-state index is 0.0725. The molecule has 0 bridgehead atoms. The van der Waals surface area contributed by atoms with Crippen LogP contribution in [-0.2, 0) is 4.79 Å². The van der Waals surface area contributed by atoms with Crippen LogP contribution < -0.4 is 5.32 Å². The number of nitrogens with one attached hydrogen (secondary N) is 1. The summed E-state index contributed by atoms with van der Waals surface area (Å²) in [6, 6.07) is 0.634. The number of rotatable bonds is 1. The Morgan fingerprint density at radius 3 is 3.00 bits per heavy atom. The lowest BCUT2D eigenvalue weighted by Crippen LogP contribution is -2.56. The molecule has 1 amide bonds. The standard InChI is InChI=1S/C10H16N2O/c1-4-5-10(13)12-7-8(2)11-6-9(12)3/h1,8-9,11H,5-7H2,2-3H3. The summed E-state index contributed by atoms with van der Waals surface area (Å²) in [5, 5.41) is 3.31. The number of nitrogens with zero attached hydrogens (tertiary/aromatic N) is 1. The highest BCUT2D eigenvalue weighted by Crippen LogP contribution is 2.07. The van der Waals surface area contributed by atoms with Gasteiger partial charge in [0.2, 0.25) is 5.91 Å². The molecule has 1 heterocycles. The van der Waals surface area contributed by atoms with Crippen molar-refractivity contribution in [2.24, 2.45) is 0 Å². The van der Waals surface area contributed by atoms with Crippen LogP contribution in [0.4, 0.5) is 0 Å². The average molecular weight is 180 g/mol. The number of carbonyl (C=O) groups excluding carboxylic acids is 1. The fourth-order valence-electron chi connectivity index (χ4n) is 1.56. The highest BCUT2D eigenvalue weighted by molar-refractivity contribution is 5.79. The largest absolute Gasteiger partial charge is 0.336 e. The molecule has 1 aliphatic rings. The first-order valence-corrected chi connectivity index (χ1v) is 4.61. The van der Waals surface area contributed by atoms with Gasteiger partial charge < -0.3 is 10.2 Å². The topological polar surface area (TPSA) is 32.3 Å². The van der Waals surface area contributed by atoms with Crippen molar-refractivity contribution in [2.75, 3.05) is 13.1 Å². The highest BCUT2D eigenvalue weighted by Gasteiger charge is 2.25. The molecule has 1 rings (SSSR count). The van der Waals surface area contributed by atoms with Crippen LogP contribution in [0.5, 0.6) is 0 Å². The molecule has 0 radical (unpaired) electrons. The van der Waals surface area contributed by atoms with Gasteiger partial charge in [-0.3, -0.25) is 4.79 Å². The summed E-state index contributed by atoms with van der Waals surface area (Å²) in [7, 11) is 0. The number of carbonyl (C=O) groups is 1. The van der Waals surface area contributed by atoms with E-state index in [1.165, 1.54) is 0 Å². The maximum absolute atomic E-state index is 11.5. The van der Waals surface area contributed by atoms with Gasteiger partial charge >= 0.3 is 0 Å². The molecule has 1 aliphatic heterocycles. The molecule has 0 aromatic heterocycles. The van der Waals surface area contributed by atoms with Gasteiger partial charge in [-0.15, -0.1) is 6.42 Å². The molecule has 2 unspecified atom stereocenters. The van der Waals surface area contributed by atoms with E-state index in [9.17, 15) is 4.79 Å². The number of piperazine rings is 1. The molecule has 0 aromatic rings. The normalized spacial score (nSPS) is 28.2. The maximum Gasteiger partial charge on any atom is 0.234 e. The molecule has 1 N–H and O–H groups in total. The van der Waals surface area contributed by atoms with Gasteiger partial charge in [0.1, 0.15) is 0 Å². The van der Waals surface area contributed by atoms with E-state index < -0.39 is 0 Å². The Bertz CT molecular complexity index is 232. The minimum absolute atomic E-state index is 0.0725. The zero-order chi connectivity index (χ0) is 9.84. The van der Waals surface area contributed by atoms with Gasteiger partial charge in [-0.1, -0.05) is 5.92 Å². The Kier molecular flexibility index (Phi) is 3.32. The maximum atomic E-state index is 11.5. The van der Waals surface area contributed by atoms with Crippen LogP contribution in [0.1, 0.15) is 20.3 Å². The molecule has 0 aliphatic carbocycles. The van der Waals surface area contributed by atoms with Crippen molar-refractivity contribution in [1.82, 2.24) is 10.2 Å². The summed E-state index contributed by atoms with van der Waals surface area (Å²) in [5.41, 5.74) is 0. The van der Waals surface area contributed by atoms with E-state index >= 15 is 0 Å². The number of terminal acetylenes is 1. The van der Waals surface area contributed by atoms with Crippen molar-refractivity contribution in [3.05, 3.63) is 0 Å².